The largest absolute Gasteiger partial charge is 0.382 e. The van der Waals surface area contributed by atoms with Gasteiger partial charge in [-0.15, -0.1) is 0 Å². The number of rotatable bonds is 2. The lowest BCUT2D eigenvalue weighted by Gasteiger charge is -2.16. The Balaban J connectivity index is 2.50. The molecule has 0 saturated carbocycles. The van der Waals surface area contributed by atoms with Gasteiger partial charge in [0.1, 0.15) is 10.8 Å². The maximum absolute atomic E-state index is 6.29. The summed E-state index contributed by atoms with van der Waals surface area (Å²) in [6, 6.07) is 1.90. The molecule has 0 radical (unpaired) electrons. The van der Waals surface area contributed by atoms with Crippen LogP contribution in [-0.2, 0) is 6.42 Å². The van der Waals surface area contributed by atoms with Gasteiger partial charge >= 0.3 is 0 Å². The SMILES string of the molecule is Cc1cc(C)nc(-n2nc(CC(C)(C)C)c(Cl)c2N)n1. The number of nitrogens with two attached hydrogens (primary N) is 1. The Morgan fingerprint density at radius 2 is 1.75 bits per heavy atom. The van der Waals surface area contributed by atoms with E-state index in [1.807, 2.05) is 19.9 Å². The summed E-state index contributed by atoms with van der Waals surface area (Å²) in [6.07, 6.45) is 0.744. The van der Waals surface area contributed by atoms with E-state index < -0.39 is 0 Å². The Labute approximate surface area is 124 Å². The monoisotopic (exact) mass is 293 g/mol. The van der Waals surface area contributed by atoms with Crippen LogP contribution in [0.1, 0.15) is 37.9 Å². The fourth-order valence-electron chi connectivity index (χ4n) is 2.03. The average Bonchev–Trinajstić information content (AvgIpc) is 2.54. The molecule has 0 fully saturated rings. The van der Waals surface area contributed by atoms with Gasteiger partial charge in [-0.25, -0.2) is 9.97 Å². The first kappa shape index (κ1) is 14.8. The number of aryl methyl sites for hydroxylation is 2. The maximum atomic E-state index is 6.29. The molecule has 0 aliphatic carbocycles. The number of nitrogens with zero attached hydrogens (tertiary/aromatic N) is 4. The zero-order valence-corrected chi connectivity index (χ0v) is 13.3. The van der Waals surface area contributed by atoms with Gasteiger partial charge in [0, 0.05) is 11.4 Å². The average molecular weight is 294 g/mol. The molecule has 2 aromatic rings. The van der Waals surface area contributed by atoms with Crippen LogP contribution in [0.5, 0.6) is 0 Å². The van der Waals surface area contributed by atoms with Crippen LogP contribution in [0.25, 0.3) is 5.95 Å². The molecule has 2 aromatic heterocycles. The number of hydrogen-bond acceptors (Lipinski definition) is 4. The lowest BCUT2D eigenvalue weighted by Crippen LogP contribution is -2.11. The van der Waals surface area contributed by atoms with Gasteiger partial charge < -0.3 is 5.73 Å². The van der Waals surface area contributed by atoms with E-state index in [1.54, 1.807) is 0 Å². The molecule has 2 heterocycles. The van der Waals surface area contributed by atoms with E-state index in [2.05, 4.69) is 35.8 Å². The van der Waals surface area contributed by atoms with Crippen LogP contribution in [-0.4, -0.2) is 19.7 Å². The van der Waals surface area contributed by atoms with Crippen LogP contribution in [0.3, 0.4) is 0 Å². The van der Waals surface area contributed by atoms with Gasteiger partial charge in [-0.1, -0.05) is 32.4 Å². The van der Waals surface area contributed by atoms with Crippen molar-refractivity contribution in [2.45, 2.75) is 41.0 Å². The second kappa shape index (κ2) is 5.05. The Morgan fingerprint density at radius 1 is 1.20 bits per heavy atom. The van der Waals surface area contributed by atoms with Crippen LogP contribution in [0.15, 0.2) is 6.07 Å². The molecule has 0 aliphatic heterocycles. The third-order valence-electron chi connectivity index (χ3n) is 2.78. The Hall–Kier alpha value is -1.62. The maximum Gasteiger partial charge on any atom is 0.252 e. The standard InChI is InChI=1S/C14H20ClN5/c1-8-6-9(2)18-13(17-8)20-12(16)11(15)10(19-20)7-14(3,4)5/h6H,7,16H2,1-5H3. The summed E-state index contributed by atoms with van der Waals surface area (Å²) in [5.74, 6) is 0.845. The quantitative estimate of drug-likeness (QED) is 0.923. The van der Waals surface area contributed by atoms with Gasteiger partial charge in [-0.3, -0.25) is 0 Å². The predicted molar refractivity (Wildman–Crippen MR) is 81.2 cm³/mol. The lowest BCUT2D eigenvalue weighted by atomic mass is 9.91. The number of anilines is 1. The molecular formula is C14H20ClN5. The molecule has 2 rings (SSSR count). The van der Waals surface area contributed by atoms with Crippen LogP contribution in [0.2, 0.25) is 5.02 Å². The van der Waals surface area contributed by atoms with Crippen molar-refractivity contribution in [1.82, 2.24) is 19.7 Å². The zero-order chi connectivity index (χ0) is 15.1. The van der Waals surface area contributed by atoms with Gasteiger partial charge in [0.15, 0.2) is 0 Å². The third-order valence-corrected chi connectivity index (χ3v) is 3.20. The molecule has 2 N–H and O–H groups in total. The van der Waals surface area contributed by atoms with Crippen molar-refractivity contribution in [3.05, 3.63) is 28.2 Å². The number of hydrogen-bond donors (Lipinski definition) is 1. The first-order chi connectivity index (χ1) is 9.17. The summed E-state index contributed by atoms with van der Waals surface area (Å²) in [6.45, 7) is 10.2. The zero-order valence-electron chi connectivity index (χ0n) is 12.5. The van der Waals surface area contributed by atoms with E-state index in [4.69, 9.17) is 17.3 Å². The first-order valence-corrected chi connectivity index (χ1v) is 6.91. The normalized spacial score (nSPS) is 11.9. The number of halogens is 1. The van der Waals surface area contributed by atoms with Gasteiger partial charge in [0.05, 0.1) is 5.69 Å². The third kappa shape index (κ3) is 3.10. The molecule has 108 valence electrons. The van der Waals surface area contributed by atoms with Gasteiger partial charge in [-0.2, -0.15) is 9.78 Å². The highest BCUT2D eigenvalue weighted by molar-refractivity contribution is 6.33. The first-order valence-electron chi connectivity index (χ1n) is 6.53. The highest BCUT2D eigenvalue weighted by Crippen LogP contribution is 2.30. The lowest BCUT2D eigenvalue weighted by molar-refractivity contribution is 0.405. The summed E-state index contributed by atoms with van der Waals surface area (Å²) >= 11 is 6.29. The van der Waals surface area contributed by atoms with Crippen LogP contribution in [0.4, 0.5) is 5.82 Å². The molecule has 0 saturated heterocycles. The highest BCUT2D eigenvalue weighted by atomic mass is 35.5. The van der Waals surface area contributed by atoms with E-state index in [9.17, 15) is 0 Å². The molecule has 0 unspecified atom stereocenters. The molecule has 0 aliphatic rings. The smallest absolute Gasteiger partial charge is 0.252 e. The Bertz CT molecular complexity index is 619. The molecule has 0 amide bonds. The fourth-order valence-corrected chi connectivity index (χ4v) is 2.21. The van der Waals surface area contributed by atoms with Crippen molar-refractivity contribution in [1.29, 1.82) is 0 Å². The molecule has 20 heavy (non-hydrogen) atoms. The Kier molecular flexibility index (Phi) is 3.73. The second-order valence-corrected chi connectivity index (χ2v) is 6.62. The van der Waals surface area contributed by atoms with Crippen molar-refractivity contribution < 1.29 is 0 Å². The van der Waals surface area contributed by atoms with E-state index in [0.717, 1.165) is 23.5 Å². The number of aromatic nitrogens is 4. The van der Waals surface area contributed by atoms with E-state index in [-0.39, 0.29) is 5.41 Å². The summed E-state index contributed by atoms with van der Waals surface area (Å²) < 4.78 is 1.52. The van der Waals surface area contributed by atoms with Crippen LogP contribution >= 0.6 is 11.6 Å². The van der Waals surface area contributed by atoms with Crippen molar-refractivity contribution in [3.8, 4) is 5.95 Å². The van der Waals surface area contributed by atoms with Crippen molar-refractivity contribution in [2.24, 2.45) is 5.41 Å². The summed E-state index contributed by atoms with van der Waals surface area (Å²) in [5.41, 5.74) is 8.64. The summed E-state index contributed by atoms with van der Waals surface area (Å²) in [5, 5.41) is 4.97. The topological polar surface area (TPSA) is 69.6 Å². The van der Waals surface area contributed by atoms with Gasteiger partial charge in [0.25, 0.3) is 5.95 Å². The molecule has 5 nitrogen and oxygen atoms in total. The highest BCUT2D eigenvalue weighted by Gasteiger charge is 2.21. The minimum atomic E-state index is 0.0820. The van der Waals surface area contributed by atoms with Crippen molar-refractivity contribution >= 4 is 17.4 Å². The molecule has 0 bridgehead atoms. The molecule has 0 atom stereocenters. The van der Waals surface area contributed by atoms with Gasteiger partial charge in [0.2, 0.25) is 0 Å². The number of nitrogen functional groups attached to an aromatic ring is 1. The van der Waals surface area contributed by atoms with E-state index in [1.165, 1.54) is 4.68 Å². The van der Waals surface area contributed by atoms with Crippen molar-refractivity contribution in [2.75, 3.05) is 5.73 Å². The summed E-state index contributed by atoms with van der Waals surface area (Å²) in [4.78, 5) is 8.73. The molecule has 0 aromatic carbocycles. The van der Waals surface area contributed by atoms with E-state index in [0.29, 0.717) is 16.8 Å². The second-order valence-electron chi connectivity index (χ2n) is 6.25. The minimum Gasteiger partial charge on any atom is -0.382 e. The van der Waals surface area contributed by atoms with Crippen LogP contribution < -0.4 is 5.73 Å². The molecule has 6 heteroatoms. The fraction of sp³-hybridized carbons (Fsp3) is 0.500. The van der Waals surface area contributed by atoms with Crippen LogP contribution in [0, 0.1) is 19.3 Å². The van der Waals surface area contributed by atoms with Gasteiger partial charge in [-0.05, 0) is 31.7 Å². The molecule has 0 spiro atoms. The summed E-state index contributed by atoms with van der Waals surface area (Å²) in [7, 11) is 0. The molecular weight excluding hydrogens is 274 g/mol. The van der Waals surface area contributed by atoms with Crippen molar-refractivity contribution in [3.63, 3.8) is 0 Å². The Morgan fingerprint density at radius 3 is 2.25 bits per heavy atom. The van der Waals surface area contributed by atoms with E-state index >= 15 is 0 Å². The predicted octanol–water partition coefficient (Wildman–Crippen LogP) is 3.10. The minimum absolute atomic E-state index is 0.0820.